The van der Waals surface area contributed by atoms with Crippen LogP contribution in [0.2, 0.25) is 0 Å². The van der Waals surface area contributed by atoms with Gasteiger partial charge < -0.3 is 10.2 Å². The highest BCUT2D eigenvalue weighted by Gasteiger charge is 2.40. The molecule has 23 heavy (non-hydrogen) atoms. The molecule has 6 nitrogen and oxygen atoms in total. The van der Waals surface area contributed by atoms with Crippen molar-refractivity contribution in [3.63, 3.8) is 0 Å². The fourth-order valence-electron chi connectivity index (χ4n) is 2.87. The van der Waals surface area contributed by atoms with Crippen LogP contribution in [-0.2, 0) is 9.84 Å². The summed E-state index contributed by atoms with van der Waals surface area (Å²) in [6, 6.07) is 0. The minimum absolute atomic E-state index is 0.202. The van der Waals surface area contributed by atoms with Crippen LogP contribution in [0, 0.1) is 0 Å². The lowest BCUT2D eigenvalue weighted by Crippen LogP contribution is -2.57. The zero-order valence-electron chi connectivity index (χ0n) is 14.5. The molecule has 1 N–H and O–H groups in total. The Morgan fingerprint density at radius 2 is 1.96 bits per heavy atom. The van der Waals surface area contributed by atoms with Gasteiger partial charge in [0.2, 0.25) is 0 Å². The van der Waals surface area contributed by atoms with Crippen molar-refractivity contribution in [1.82, 2.24) is 15.1 Å². The largest absolute Gasteiger partial charge is 0.357 e. The van der Waals surface area contributed by atoms with Crippen LogP contribution in [0.5, 0.6) is 0 Å². The first-order valence-electron chi connectivity index (χ1n) is 8.41. The Hall–Kier alpha value is -0.470. The molecule has 0 aromatic heterocycles. The number of nitrogens with one attached hydrogen (secondary N) is 1. The van der Waals surface area contributed by atoms with Crippen molar-refractivity contribution in [1.29, 1.82) is 0 Å². The maximum absolute atomic E-state index is 12.2. The second kappa shape index (κ2) is 8.07. The average Bonchev–Trinajstić information content (AvgIpc) is 2.50. The molecule has 2 rings (SSSR count). The second-order valence-corrected chi connectivity index (χ2v) is 10.7. The molecule has 2 aliphatic heterocycles. The summed E-state index contributed by atoms with van der Waals surface area (Å²) in [5.74, 6) is 3.47. The van der Waals surface area contributed by atoms with Gasteiger partial charge in [0, 0.05) is 50.8 Å². The predicted molar refractivity (Wildman–Crippen MR) is 99.2 cm³/mol. The summed E-state index contributed by atoms with van der Waals surface area (Å²) in [4.78, 5) is 9.28. The number of thioether (sulfide) groups is 1. The molecule has 2 saturated heterocycles. The third kappa shape index (κ3) is 5.00. The third-order valence-electron chi connectivity index (χ3n) is 4.46. The third-order valence-corrected chi connectivity index (χ3v) is 7.93. The van der Waals surface area contributed by atoms with Gasteiger partial charge in [0.25, 0.3) is 0 Å². The first kappa shape index (κ1) is 18.9. The van der Waals surface area contributed by atoms with Gasteiger partial charge in [0.05, 0.1) is 17.0 Å². The minimum Gasteiger partial charge on any atom is -0.357 e. The van der Waals surface area contributed by atoms with E-state index in [1.165, 1.54) is 11.5 Å². The molecule has 0 aromatic carbocycles. The molecule has 8 heteroatoms. The molecule has 2 fully saturated rings. The molecule has 2 aliphatic rings. The van der Waals surface area contributed by atoms with E-state index < -0.39 is 14.6 Å². The zero-order chi connectivity index (χ0) is 16.9. The Labute approximate surface area is 145 Å². The van der Waals surface area contributed by atoms with Gasteiger partial charge in [-0.2, -0.15) is 11.8 Å². The number of guanidine groups is 1. The van der Waals surface area contributed by atoms with Crippen molar-refractivity contribution in [2.24, 2.45) is 4.99 Å². The number of hydrogen-bond acceptors (Lipinski definition) is 5. The molecule has 0 spiro atoms. The van der Waals surface area contributed by atoms with Gasteiger partial charge in [-0.1, -0.05) is 0 Å². The van der Waals surface area contributed by atoms with Crippen molar-refractivity contribution < 1.29 is 8.42 Å². The summed E-state index contributed by atoms with van der Waals surface area (Å²) in [7, 11) is -3.01. The lowest BCUT2D eigenvalue weighted by Gasteiger charge is -2.39. The van der Waals surface area contributed by atoms with E-state index in [9.17, 15) is 8.42 Å². The SMILES string of the molecule is CCNC(=NCCN1CCSCC1)N1CCS(=O)(=O)C(C)(C)C1. The van der Waals surface area contributed by atoms with Crippen LogP contribution in [0.4, 0.5) is 0 Å². The normalized spacial score (nSPS) is 25.3. The van der Waals surface area contributed by atoms with E-state index in [2.05, 4.69) is 15.1 Å². The van der Waals surface area contributed by atoms with E-state index in [0.29, 0.717) is 13.1 Å². The second-order valence-electron chi connectivity index (χ2n) is 6.69. The number of aliphatic imine (C=N–C) groups is 1. The van der Waals surface area contributed by atoms with E-state index in [1.807, 2.05) is 32.5 Å². The highest BCUT2D eigenvalue weighted by atomic mass is 32.2. The molecule has 0 amide bonds. The summed E-state index contributed by atoms with van der Waals surface area (Å²) in [5.41, 5.74) is 0. The van der Waals surface area contributed by atoms with Gasteiger partial charge in [-0.15, -0.1) is 0 Å². The van der Waals surface area contributed by atoms with Crippen LogP contribution in [0.15, 0.2) is 4.99 Å². The fraction of sp³-hybridized carbons (Fsp3) is 0.933. The van der Waals surface area contributed by atoms with Crippen molar-refractivity contribution in [3.8, 4) is 0 Å². The van der Waals surface area contributed by atoms with Gasteiger partial charge in [-0.25, -0.2) is 8.42 Å². The van der Waals surface area contributed by atoms with E-state index >= 15 is 0 Å². The van der Waals surface area contributed by atoms with Crippen molar-refractivity contribution in [3.05, 3.63) is 0 Å². The summed E-state index contributed by atoms with van der Waals surface area (Å²) in [6.07, 6.45) is 0. The van der Waals surface area contributed by atoms with Crippen molar-refractivity contribution >= 4 is 27.6 Å². The molecule has 2 heterocycles. The van der Waals surface area contributed by atoms with Gasteiger partial charge in [0.1, 0.15) is 0 Å². The first-order valence-corrected chi connectivity index (χ1v) is 11.2. The minimum atomic E-state index is -3.01. The van der Waals surface area contributed by atoms with Gasteiger partial charge in [-0.3, -0.25) is 9.89 Å². The van der Waals surface area contributed by atoms with E-state index in [1.54, 1.807) is 0 Å². The van der Waals surface area contributed by atoms with Crippen LogP contribution < -0.4 is 5.32 Å². The lowest BCUT2D eigenvalue weighted by atomic mass is 10.2. The Balaban J connectivity index is 1.95. The van der Waals surface area contributed by atoms with Crippen molar-refractivity contribution in [2.75, 3.05) is 63.1 Å². The molecule has 0 aromatic rings. The summed E-state index contributed by atoms with van der Waals surface area (Å²) >= 11 is 2.01. The number of nitrogens with zero attached hydrogens (tertiary/aromatic N) is 3. The maximum atomic E-state index is 12.2. The molecule has 0 unspecified atom stereocenters. The van der Waals surface area contributed by atoms with Crippen LogP contribution in [0.1, 0.15) is 20.8 Å². The molecule has 134 valence electrons. The van der Waals surface area contributed by atoms with Crippen LogP contribution in [0.25, 0.3) is 0 Å². The standard InChI is InChI=1S/C15H30N4O2S2/c1-4-16-14(17-5-6-18-7-10-22-11-8-18)19-9-12-23(20,21)15(2,3)13-19/h4-13H2,1-3H3,(H,16,17). The van der Waals surface area contributed by atoms with Gasteiger partial charge in [0.15, 0.2) is 15.8 Å². The molecule has 0 saturated carbocycles. The highest BCUT2D eigenvalue weighted by molar-refractivity contribution is 7.99. The van der Waals surface area contributed by atoms with Gasteiger partial charge in [-0.05, 0) is 20.8 Å². The summed E-state index contributed by atoms with van der Waals surface area (Å²) in [6.45, 7) is 11.5. The van der Waals surface area contributed by atoms with E-state index in [0.717, 1.165) is 38.7 Å². The number of hydrogen-bond donors (Lipinski definition) is 1. The maximum Gasteiger partial charge on any atom is 0.194 e. The van der Waals surface area contributed by atoms with Crippen LogP contribution in [0.3, 0.4) is 0 Å². The fourth-order valence-corrected chi connectivity index (χ4v) is 5.22. The molecule has 0 atom stereocenters. The Bertz CT molecular complexity index is 514. The molecule has 0 bridgehead atoms. The first-order chi connectivity index (χ1) is 10.9. The topological polar surface area (TPSA) is 65.0 Å². The van der Waals surface area contributed by atoms with Gasteiger partial charge >= 0.3 is 0 Å². The molecule has 0 aliphatic carbocycles. The Morgan fingerprint density at radius 3 is 2.57 bits per heavy atom. The molecular weight excluding hydrogens is 332 g/mol. The van der Waals surface area contributed by atoms with E-state index in [4.69, 9.17) is 4.99 Å². The molecule has 0 radical (unpaired) electrons. The van der Waals surface area contributed by atoms with Crippen molar-refractivity contribution in [2.45, 2.75) is 25.5 Å². The molecular formula is C15H30N4O2S2. The Morgan fingerprint density at radius 1 is 1.26 bits per heavy atom. The quantitative estimate of drug-likeness (QED) is 0.581. The number of rotatable bonds is 4. The van der Waals surface area contributed by atoms with Crippen LogP contribution in [-0.4, -0.2) is 92.0 Å². The predicted octanol–water partition coefficient (Wildman–Crippen LogP) is 0.510. The highest BCUT2D eigenvalue weighted by Crippen LogP contribution is 2.23. The summed E-state index contributed by atoms with van der Waals surface area (Å²) in [5, 5.41) is 3.31. The smallest absolute Gasteiger partial charge is 0.194 e. The average molecular weight is 363 g/mol. The summed E-state index contributed by atoms with van der Waals surface area (Å²) < 4.78 is 23.6. The number of sulfone groups is 1. The lowest BCUT2D eigenvalue weighted by molar-refractivity contribution is 0.309. The monoisotopic (exact) mass is 362 g/mol. The van der Waals surface area contributed by atoms with Crippen LogP contribution >= 0.6 is 11.8 Å². The van der Waals surface area contributed by atoms with E-state index in [-0.39, 0.29) is 5.75 Å². The zero-order valence-corrected chi connectivity index (χ0v) is 16.2. The Kier molecular flexibility index (Phi) is 6.62.